The molecule has 1 aromatic carbocycles. The van der Waals surface area contributed by atoms with Crippen LogP contribution in [-0.2, 0) is 33.1 Å². The van der Waals surface area contributed by atoms with E-state index >= 15 is 0 Å². The monoisotopic (exact) mass is 434 g/mol. The van der Waals surface area contributed by atoms with Gasteiger partial charge in [-0.25, -0.2) is 14.6 Å². The maximum Gasteiger partial charge on any atom is 0.343 e. The number of aliphatic carboxylic acids is 1. The minimum Gasteiger partial charge on any atom is -0.507 e. The Morgan fingerprint density at radius 3 is 2.81 bits per heavy atom. The van der Waals surface area contributed by atoms with E-state index in [1.807, 2.05) is 0 Å². The summed E-state index contributed by atoms with van der Waals surface area (Å²) in [7, 11) is 0. The first kappa shape index (κ1) is 20.0. The SMILES string of the molecule is CC[C@@]1(O)C(=O)OCc2c1cc1n(c2=O)Cc2cc3c(C=CC(=O)O)c(O)ccc3nc2-1. The summed E-state index contributed by atoms with van der Waals surface area (Å²) in [6, 6.07) is 6.40. The normalized spacial score (nSPS) is 19.0. The van der Waals surface area contributed by atoms with Gasteiger partial charge in [0.2, 0.25) is 0 Å². The molecular weight excluding hydrogens is 416 g/mol. The fourth-order valence-corrected chi connectivity index (χ4v) is 4.39. The van der Waals surface area contributed by atoms with Crippen molar-refractivity contribution in [1.29, 1.82) is 0 Å². The predicted octanol–water partition coefficient (Wildman–Crippen LogP) is 1.88. The Morgan fingerprint density at radius 1 is 1.31 bits per heavy atom. The molecule has 2 aliphatic rings. The first-order chi connectivity index (χ1) is 15.2. The van der Waals surface area contributed by atoms with Crippen molar-refractivity contribution in [2.45, 2.75) is 32.1 Å². The van der Waals surface area contributed by atoms with E-state index in [0.29, 0.717) is 33.4 Å². The van der Waals surface area contributed by atoms with Crippen molar-refractivity contribution in [3.05, 3.63) is 62.9 Å². The summed E-state index contributed by atoms with van der Waals surface area (Å²) in [5.41, 5.74) is 0.695. The molecule has 0 unspecified atom stereocenters. The molecule has 3 N–H and O–H groups in total. The Kier molecular flexibility index (Phi) is 4.22. The predicted molar refractivity (Wildman–Crippen MR) is 113 cm³/mol. The van der Waals surface area contributed by atoms with Crippen LogP contribution in [0.2, 0.25) is 0 Å². The Labute approximate surface area is 180 Å². The van der Waals surface area contributed by atoms with E-state index < -0.39 is 17.5 Å². The Morgan fingerprint density at radius 2 is 2.09 bits per heavy atom. The minimum atomic E-state index is -1.90. The molecule has 1 atom stereocenters. The highest BCUT2D eigenvalue weighted by Gasteiger charge is 2.45. The van der Waals surface area contributed by atoms with Crippen LogP contribution in [0.5, 0.6) is 5.75 Å². The van der Waals surface area contributed by atoms with E-state index in [2.05, 4.69) is 4.98 Å². The van der Waals surface area contributed by atoms with E-state index in [4.69, 9.17) is 9.84 Å². The number of nitrogens with zero attached hydrogens (tertiary/aromatic N) is 2. The zero-order valence-electron chi connectivity index (χ0n) is 17.0. The molecule has 0 amide bonds. The van der Waals surface area contributed by atoms with Crippen molar-refractivity contribution in [2.24, 2.45) is 0 Å². The first-order valence-corrected chi connectivity index (χ1v) is 9.98. The number of phenols is 1. The highest BCUT2D eigenvalue weighted by atomic mass is 16.6. The highest BCUT2D eigenvalue weighted by molar-refractivity contribution is 5.96. The van der Waals surface area contributed by atoms with Gasteiger partial charge in [-0.2, -0.15) is 0 Å². The molecule has 0 saturated heterocycles. The van der Waals surface area contributed by atoms with Gasteiger partial charge >= 0.3 is 11.9 Å². The number of carbonyl (C=O) groups excluding carboxylic acids is 1. The summed E-state index contributed by atoms with van der Waals surface area (Å²) in [4.78, 5) is 41.0. The van der Waals surface area contributed by atoms with E-state index in [9.17, 15) is 24.6 Å². The van der Waals surface area contributed by atoms with E-state index in [0.717, 1.165) is 6.08 Å². The summed E-state index contributed by atoms with van der Waals surface area (Å²) < 4.78 is 6.58. The van der Waals surface area contributed by atoms with Gasteiger partial charge in [0.1, 0.15) is 12.4 Å². The molecule has 9 heteroatoms. The fourth-order valence-electron chi connectivity index (χ4n) is 4.39. The summed E-state index contributed by atoms with van der Waals surface area (Å²) >= 11 is 0. The maximum atomic E-state index is 13.2. The van der Waals surface area contributed by atoms with Gasteiger partial charge in [0, 0.05) is 28.2 Å². The molecule has 32 heavy (non-hydrogen) atoms. The number of hydrogen-bond donors (Lipinski definition) is 3. The lowest BCUT2D eigenvalue weighted by Gasteiger charge is -2.31. The van der Waals surface area contributed by atoms with Crippen LogP contribution in [0, 0.1) is 0 Å². The third-order valence-electron chi connectivity index (χ3n) is 6.10. The first-order valence-electron chi connectivity index (χ1n) is 9.98. The molecule has 5 rings (SSSR count). The number of fused-ring (bicyclic) bond motifs is 5. The topological polar surface area (TPSA) is 139 Å². The summed E-state index contributed by atoms with van der Waals surface area (Å²) in [5, 5.41) is 30.6. The van der Waals surface area contributed by atoms with Crippen LogP contribution in [0.25, 0.3) is 28.4 Å². The van der Waals surface area contributed by atoms with Crippen molar-refractivity contribution >= 4 is 28.9 Å². The van der Waals surface area contributed by atoms with Gasteiger partial charge < -0.3 is 24.6 Å². The Bertz CT molecular complexity index is 1440. The lowest BCUT2D eigenvalue weighted by atomic mass is 9.86. The average molecular weight is 434 g/mol. The molecule has 0 aliphatic carbocycles. The lowest BCUT2D eigenvalue weighted by molar-refractivity contribution is -0.172. The number of esters is 1. The number of carboxylic acid groups (broad SMARTS) is 1. The summed E-state index contributed by atoms with van der Waals surface area (Å²) in [6.45, 7) is 1.63. The molecule has 0 spiro atoms. The average Bonchev–Trinajstić information content (AvgIpc) is 3.12. The van der Waals surface area contributed by atoms with Gasteiger partial charge in [-0.1, -0.05) is 6.92 Å². The number of ether oxygens (including phenoxy) is 1. The number of aromatic nitrogens is 2. The van der Waals surface area contributed by atoms with Gasteiger partial charge in [-0.15, -0.1) is 0 Å². The highest BCUT2D eigenvalue weighted by Crippen LogP contribution is 2.39. The number of benzene rings is 1. The van der Waals surface area contributed by atoms with Crippen molar-refractivity contribution in [3.8, 4) is 17.1 Å². The fraction of sp³-hybridized carbons (Fsp3) is 0.217. The molecule has 0 saturated carbocycles. The van der Waals surface area contributed by atoms with Crippen molar-refractivity contribution < 1.29 is 29.6 Å². The molecule has 162 valence electrons. The van der Waals surface area contributed by atoms with Crippen LogP contribution in [0.1, 0.15) is 35.6 Å². The number of hydrogen-bond acceptors (Lipinski definition) is 7. The number of carboxylic acids is 1. The number of carbonyl (C=O) groups is 2. The van der Waals surface area contributed by atoms with Crippen LogP contribution in [0.3, 0.4) is 0 Å². The molecule has 0 fully saturated rings. The molecule has 0 radical (unpaired) electrons. The number of rotatable bonds is 3. The second kappa shape index (κ2) is 6.76. The molecule has 9 nitrogen and oxygen atoms in total. The minimum absolute atomic E-state index is 0.0539. The molecular formula is C23H18N2O7. The third-order valence-corrected chi connectivity index (χ3v) is 6.10. The number of pyridine rings is 2. The Balaban J connectivity index is 1.75. The van der Waals surface area contributed by atoms with Gasteiger partial charge in [0.05, 0.1) is 29.0 Å². The van der Waals surface area contributed by atoms with Crippen molar-refractivity contribution in [1.82, 2.24) is 9.55 Å². The molecule has 4 heterocycles. The van der Waals surface area contributed by atoms with Crippen molar-refractivity contribution in [3.63, 3.8) is 0 Å². The summed E-state index contributed by atoms with van der Waals surface area (Å²) in [5.74, 6) is -2.03. The number of cyclic esters (lactones) is 1. The maximum absolute atomic E-state index is 13.2. The van der Waals surface area contributed by atoms with Gasteiger partial charge in [-0.05, 0) is 36.8 Å². The van der Waals surface area contributed by atoms with Gasteiger partial charge in [-0.3, -0.25) is 4.79 Å². The molecule has 3 aromatic rings. The van der Waals surface area contributed by atoms with Crippen LogP contribution in [-0.4, -0.2) is 36.8 Å². The smallest absolute Gasteiger partial charge is 0.343 e. The van der Waals surface area contributed by atoms with E-state index in [1.54, 1.807) is 25.1 Å². The van der Waals surface area contributed by atoms with Crippen LogP contribution >= 0.6 is 0 Å². The van der Waals surface area contributed by atoms with Crippen LogP contribution < -0.4 is 5.56 Å². The molecule has 2 aliphatic heterocycles. The summed E-state index contributed by atoms with van der Waals surface area (Å²) in [6.07, 6.45) is 2.28. The van der Waals surface area contributed by atoms with Crippen LogP contribution in [0.4, 0.5) is 0 Å². The second-order valence-corrected chi connectivity index (χ2v) is 7.84. The zero-order chi connectivity index (χ0) is 22.8. The van der Waals surface area contributed by atoms with Gasteiger partial charge in [0.15, 0.2) is 5.60 Å². The second-order valence-electron chi connectivity index (χ2n) is 7.84. The largest absolute Gasteiger partial charge is 0.507 e. The number of aromatic hydroxyl groups is 1. The van der Waals surface area contributed by atoms with E-state index in [1.165, 1.54) is 16.7 Å². The standard InChI is InChI=1S/C23H18N2O7/c1-2-23(31)15-8-17-20-11(9-25(17)21(29)14(15)10-32-22(23)30)7-13-12(3-6-19(27)28)18(26)5-4-16(13)24-20/h3-8,26,31H,2,9-10H2,1H3,(H,27,28)/t23-/m0/s1. The van der Waals surface area contributed by atoms with Crippen molar-refractivity contribution in [2.75, 3.05) is 0 Å². The molecule has 2 aromatic heterocycles. The molecule has 0 bridgehead atoms. The lowest BCUT2D eigenvalue weighted by Crippen LogP contribution is -2.44. The van der Waals surface area contributed by atoms with E-state index in [-0.39, 0.29) is 42.0 Å². The third kappa shape index (κ3) is 2.68. The van der Waals surface area contributed by atoms with Crippen LogP contribution in [0.15, 0.2) is 35.1 Å². The quantitative estimate of drug-likeness (QED) is 0.328. The number of aliphatic hydroxyl groups is 1. The Hall–Kier alpha value is -3.98. The zero-order valence-corrected chi connectivity index (χ0v) is 17.0. The van der Waals surface area contributed by atoms with Gasteiger partial charge in [0.25, 0.3) is 5.56 Å². The number of phenolic OH excluding ortho intramolecular Hbond substituents is 1.